The molecule has 0 aromatic heterocycles. The van der Waals surface area contributed by atoms with Crippen molar-refractivity contribution in [2.24, 2.45) is 17.8 Å². The lowest BCUT2D eigenvalue weighted by atomic mass is 9.99. The Balaban J connectivity index is 1.68. The van der Waals surface area contributed by atoms with Crippen LogP contribution in [0.3, 0.4) is 0 Å². The van der Waals surface area contributed by atoms with Gasteiger partial charge >= 0.3 is 0 Å². The summed E-state index contributed by atoms with van der Waals surface area (Å²) in [5.74, 6) is 8.97. The minimum atomic E-state index is -0.216. The maximum absolute atomic E-state index is 9.17. The topological polar surface area (TPSA) is 38.7 Å². The molecule has 0 aromatic carbocycles. The molecule has 0 radical (unpaired) electrons. The molecule has 3 unspecified atom stereocenters. The highest BCUT2D eigenvalue weighted by molar-refractivity contribution is 5.07. The molecule has 1 fully saturated rings. The van der Waals surface area contributed by atoms with Gasteiger partial charge in [-0.2, -0.15) is 0 Å². The van der Waals surface area contributed by atoms with Gasteiger partial charge in [0, 0.05) is 19.4 Å². The standard InChI is InChI=1S/C21H36O3/c1-5-21(4,12-14-22)23-15-13-20(2,3)24-16-19-17-10-8-6-7-9-11-18(17)19/h17-19,22H,5,8-16H2,1-4H3. The lowest BCUT2D eigenvalue weighted by Gasteiger charge is -2.31. The smallest absolute Gasteiger partial charge is 0.0673 e. The summed E-state index contributed by atoms with van der Waals surface area (Å²) >= 11 is 0. The maximum Gasteiger partial charge on any atom is 0.0673 e. The van der Waals surface area contributed by atoms with Crippen LogP contribution in [-0.2, 0) is 9.47 Å². The molecule has 1 saturated carbocycles. The number of aliphatic hydroxyl groups excluding tert-OH is 1. The van der Waals surface area contributed by atoms with Crippen LogP contribution in [0.5, 0.6) is 0 Å². The van der Waals surface area contributed by atoms with Gasteiger partial charge in [0.15, 0.2) is 0 Å². The predicted molar refractivity (Wildman–Crippen MR) is 97.7 cm³/mol. The summed E-state index contributed by atoms with van der Waals surface area (Å²) in [6, 6.07) is 0. The molecule has 0 heterocycles. The molecule has 2 aliphatic rings. The number of fused-ring (bicyclic) bond motifs is 1. The van der Waals surface area contributed by atoms with E-state index in [0.29, 0.717) is 13.0 Å². The zero-order chi connectivity index (χ0) is 17.6. The van der Waals surface area contributed by atoms with E-state index in [2.05, 4.69) is 39.5 Å². The average molecular weight is 337 g/mol. The summed E-state index contributed by atoms with van der Waals surface area (Å²) in [6.45, 7) is 10.3. The first-order valence-corrected chi connectivity index (χ1v) is 9.75. The monoisotopic (exact) mass is 336 g/mol. The van der Waals surface area contributed by atoms with Crippen molar-refractivity contribution in [2.45, 2.75) is 83.8 Å². The summed E-state index contributed by atoms with van der Waals surface area (Å²) < 4.78 is 12.3. The Kier molecular flexibility index (Phi) is 7.16. The van der Waals surface area contributed by atoms with Crippen LogP contribution >= 0.6 is 0 Å². The summed E-state index contributed by atoms with van der Waals surface area (Å²) in [5.41, 5.74) is -0.366. The fourth-order valence-electron chi connectivity index (χ4n) is 3.81. The van der Waals surface area contributed by atoms with Gasteiger partial charge < -0.3 is 14.6 Å². The van der Waals surface area contributed by atoms with Crippen LogP contribution in [0.1, 0.15) is 72.6 Å². The molecule has 2 aliphatic carbocycles. The van der Waals surface area contributed by atoms with Crippen molar-refractivity contribution >= 4 is 0 Å². The van der Waals surface area contributed by atoms with Crippen molar-refractivity contribution in [3.05, 3.63) is 0 Å². The Hall–Kier alpha value is -0.560. The molecular weight excluding hydrogens is 300 g/mol. The van der Waals surface area contributed by atoms with E-state index >= 15 is 0 Å². The number of hydrogen-bond acceptors (Lipinski definition) is 3. The second kappa shape index (κ2) is 8.70. The normalized spacial score (nSPS) is 28.8. The number of ether oxygens (including phenoxy) is 2. The molecule has 3 atom stereocenters. The Labute approximate surface area is 148 Å². The first kappa shape index (κ1) is 19.8. The molecule has 0 amide bonds. The van der Waals surface area contributed by atoms with Crippen molar-refractivity contribution in [3.8, 4) is 11.8 Å². The van der Waals surface area contributed by atoms with E-state index in [4.69, 9.17) is 9.47 Å². The maximum atomic E-state index is 9.17. The van der Waals surface area contributed by atoms with Crippen molar-refractivity contribution in [2.75, 3.05) is 19.8 Å². The highest BCUT2D eigenvalue weighted by Crippen LogP contribution is 2.52. The van der Waals surface area contributed by atoms with E-state index in [9.17, 15) is 5.11 Å². The average Bonchev–Trinajstić information content (AvgIpc) is 3.15. The molecule has 0 bridgehead atoms. The molecule has 138 valence electrons. The number of aliphatic hydroxyl groups is 1. The molecule has 24 heavy (non-hydrogen) atoms. The first-order valence-electron chi connectivity index (χ1n) is 9.75. The van der Waals surface area contributed by atoms with Crippen molar-refractivity contribution in [1.29, 1.82) is 0 Å². The quantitative estimate of drug-likeness (QED) is 0.608. The van der Waals surface area contributed by atoms with E-state index in [0.717, 1.165) is 50.0 Å². The Morgan fingerprint density at radius 3 is 2.17 bits per heavy atom. The predicted octanol–water partition coefficient (Wildman–Crippen LogP) is 4.18. The van der Waals surface area contributed by atoms with Crippen molar-refractivity contribution in [1.82, 2.24) is 0 Å². The molecule has 0 saturated heterocycles. The first-order chi connectivity index (χ1) is 11.4. The van der Waals surface area contributed by atoms with Crippen LogP contribution in [0, 0.1) is 29.6 Å². The highest BCUT2D eigenvalue weighted by Gasteiger charge is 2.49. The molecular formula is C21H36O3. The largest absolute Gasteiger partial charge is 0.396 e. The summed E-state index contributed by atoms with van der Waals surface area (Å²) in [4.78, 5) is 0. The zero-order valence-corrected chi connectivity index (χ0v) is 16.1. The van der Waals surface area contributed by atoms with E-state index in [1.807, 2.05) is 0 Å². The highest BCUT2D eigenvalue weighted by atomic mass is 16.5. The minimum absolute atomic E-state index is 0.151. The van der Waals surface area contributed by atoms with Gasteiger partial charge in [0.25, 0.3) is 0 Å². The molecule has 3 heteroatoms. The van der Waals surface area contributed by atoms with Gasteiger partial charge in [0.1, 0.15) is 0 Å². The number of rotatable bonds is 10. The van der Waals surface area contributed by atoms with Gasteiger partial charge in [-0.3, -0.25) is 0 Å². The lowest BCUT2D eigenvalue weighted by Crippen LogP contribution is -2.33. The Morgan fingerprint density at radius 1 is 1.00 bits per heavy atom. The Morgan fingerprint density at radius 2 is 1.62 bits per heavy atom. The van der Waals surface area contributed by atoms with Gasteiger partial charge in [-0.15, -0.1) is 11.8 Å². The van der Waals surface area contributed by atoms with Gasteiger partial charge in [0.2, 0.25) is 0 Å². The second-order valence-corrected chi connectivity index (χ2v) is 8.37. The fourth-order valence-corrected chi connectivity index (χ4v) is 3.81. The van der Waals surface area contributed by atoms with Gasteiger partial charge in [-0.05, 0) is 70.6 Å². The summed E-state index contributed by atoms with van der Waals surface area (Å²) in [6.07, 6.45) is 7.14. The minimum Gasteiger partial charge on any atom is -0.396 e. The van der Waals surface area contributed by atoms with Crippen LogP contribution in [0.2, 0.25) is 0 Å². The zero-order valence-electron chi connectivity index (χ0n) is 16.1. The Bertz CT molecular complexity index is 430. The van der Waals surface area contributed by atoms with E-state index in [1.165, 1.54) is 12.8 Å². The van der Waals surface area contributed by atoms with Gasteiger partial charge in [-0.25, -0.2) is 0 Å². The van der Waals surface area contributed by atoms with Crippen molar-refractivity contribution in [3.63, 3.8) is 0 Å². The van der Waals surface area contributed by atoms with E-state index in [-0.39, 0.29) is 17.8 Å². The molecule has 3 nitrogen and oxygen atoms in total. The third-order valence-electron chi connectivity index (χ3n) is 6.05. The molecule has 0 aromatic rings. The summed E-state index contributed by atoms with van der Waals surface area (Å²) in [5, 5.41) is 9.17. The van der Waals surface area contributed by atoms with Gasteiger partial charge in [-0.1, -0.05) is 6.92 Å². The molecule has 0 aliphatic heterocycles. The molecule has 1 N–H and O–H groups in total. The third-order valence-corrected chi connectivity index (χ3v) is 6.05. The van der Waals surface area contributed by atoms with Crippen LogP contribution in [0.25, 0.3) is 0 Å². The van der Waals surface area contributed by atoms with Crippen molar-refractivity contribution < 1.29 is 14.6 Å². The number of hydrogen-bond donors (Lipinski definition) is 1. The lowest BCUT2D eigenvalue weighted by molar-refractivity contribution is -0.0886. The van der Waals surface area contributed by atoms with Crippen LogP contribution in [-0.4, -0.2) is 36.1 Å². The third kappa shape index (κ3) is 5.76. The van der Waals surface area contributed by atoms with Crippen LogP contribution in [0.4, 0.5) is 0 Å². The van der Waals surface area contributed by atoms with Crippen LogP contribution < -0.4 is 0 Å². The van der Waals surface area contributed by atoms with Crippen LogP contribution in [0.15, 0.2) is 0 Å². The van der Waals surface area contributed by atoms with E-state index in [1.54, 1.807) is 0 Å². The fraction of sp³-hybridized carbons (Fsp3) is 0.905. The SMILES string of the molecule is CCC(C)(CCO)OCCC(C)(C)OCC1C2CCC#CCCC21. The second-order valence-electron chi connectivity index (χ2n) is 8.37. The summed E-state index contributed by atoms with van der Waals surface area (Å²) in [7, 11) is 0. The molecule has 0 spiro atoms. The van der Waals surface area contributed by atoms with Gasteiger partial charge in [0.05, 0.1) is 24.4 Å². The molecule has 2 rings (SSSR count). The van der Waals surface area contributed by atoms with E-state index < -0.39 is 0 Å².